The van der Waals surface area contributed by atoms with E-state index in [2.05, 4.69) is 0 Å². The van der Waals surface area contributed by atoms with Gasteiger partial charge in [0.2, 0.25) is 5.91 Å². The Morgan fingerprint density at radius 2 is 1.94 bits per heavy atom. The summed E-state index contributed by atoms with van der Waals surface area (Å²) < 4.78 is 38.3. The van der Waals surface area contributed by atoms with E-state index in [9.17, 15) is 22.4 Å². The van der Waals surface area contributed by atoms with E-state index in [0.29, 0.717) is 24.9 Å². The molecule has 2 atom stereocenters. The molecule has 2 amide bonds. The van der Waals surface area contributed by atoms with Crippen LogP contribution in [0.1, 0.15) is 47.5 Å². The van der Waals surface area contributed by atoms with Gasteiger partial charge in [0.05, 0.1) is 9.92 Å². The highest BCUT2D eigenvalue weighted by Crippen LogP contribution is 2.54. The largest absolute Gasteiger partial charge is 0.368 e. The first-order chi connectivity index (χ1) is 15.1. The summed E-state index contributed by atoms with van der Waals surface area (Å²) in [5, 5.41) is -0.0200. The Hall–Kier alpha value is -2.45. The molecular formula is C23H24ClFN2O4S. The molecule has 0 unspecified atom stereocenters. The first kappa shape index (κ1) is 22.7. The van der Waals surface area contributed by atoms with Crippen LogP contribution in [0.4, 0.5) is 4.39 Å². The SMILES string of the molecule is CS(=O)(=O)c1cccc(C(=O)N2CCC[C@@]2(C(N)=O)[C@@H](c2ccc(Cl)c(F)c2)C2CC2)c1. The number of hydrogen-bond donors (Lipinski definition) is 1. The van der Waals surface area contributed by atoms with Gasteiger partial charge in [-0.15, -0.1) is 0 Å². The van der Waals surface area contributed by atoms with E-state index in [4.69, 9.17) is 17.3 Å². The van der Waals surface area contributed by atoms with Gasteiger partial charge in [0.25, 0.3) is 5.91 Å². The number of halogens is 2. The van der Waals surface area contributed by atoms with E-state index in [-0.39, 0.29) is 21.4 Å². The van der Waals surface area contributed by atoms with Gasteiger partial charge in [-0.1, -0.05) is 23.7 Å². The third kappa shape index (κ3) is 3.90. The molecule has 1 heterocycles. The third-order valence-electron chi connectivity index (χ3n) is 6.51. The summed E-state index contributed by atoms with van der Waals surface area (Å²) in [6.07, 6.45) is 3.66. The summed E-state index contributed by atoms with van der Waals surface area (Å²) >= 11 is 5.87. The molecule has 2 N–H and O–H groups in total. The van der Waals surface area contributed by atoms with Gasteiger partial charge in [0.1, 0.15) is 11.4 Å². The molecule has 4 rings (SSSR count). The van der Waals surface area contributed by atoms with Crippen LogP contribution in [-0.4, -0.2) is 43.5 Å². The van der Waals surface area contributed by atoms with Gasteiger partial charge in [0, 0.05) is 24.3 Å². The molecule has 1 aliphatic carbocycles. The third-order valence-corrected chi connectivity index (χ3v) is 7.93. The Kier molecular flexibility index (Phi) is 5.79. The van der Waals surface area contributed by atoms with E-state index >= 15 is 0 Å². The maximum Gasteiger partial charge on any atom is 0.254 e. The van der Waals surface area contributed by atoms with Crippen molar-refractivity contribution >= 4 is 33.3 Å². The van der Waals surface area contributed by atoms with E-state index in [0.717, 1.165) is 19.1 Å². The van der Waals surface area contributed by atoms with Crippen molar-refractivity contribution in [1.29, 1.82) is 0 Å². The lowest BCUT2D eigenvalue weighted by atomic mass is 9.73. The van der Waals surface area contributed by atoms with Crippen LogP contribution < -0.4 is 5.73 Å². The van der Waals surface area contributed by atoms with Gasteiger partial charge in [-0.2, -0.15) is 0 Å². The maximum atomic E-state index is 14.3. The van der Waals surface area contributed by atoms with Crippen molar-refractivity contribution in [3.8, 4) is 0 Å². The highest BCUT2D eigenvalue weighted by atomic mass is 35.5. The van der Waals surface area contributed by atoms with Crippen molar-refractivity contribution in [2.45, 2.75) is 42.0 Å². The van der Waals surface area contributed by atoms with Crippen LogP contribution in [-0.2, 0) is 14.6 Å². The monoisotopic (exact) mass is 478 g/mol. The molecule has 2 fully saturated rings. The fourth-order valence-corrected chi connectivity index (χ4v) is 5.73. The van der Waals surface area contributed by atoms with Gasteiger partial charge in [-0.3, -0.25) is 9.59 Å². The Labute approximate surface area is 191 Å². The highest BCUT2D eigenvalue weighted by Gasteiger charge is 2.58. The van der Waals surface area contributed by atoms with E-state index in [1.165, 1.54) is 41.3 Å². The topological polar surface area (TPSA) is 97.5 Å². The van der Waals surface area contributed by atoms with Crippen molar-refractivity contribution < 1.29 is 22.4 Å². The number of likely N-dealkylation sites (tertiary alicyclic amines) is 1. The van der Waals surface area contributed by atoms with Gasteiger partial charge in [0.15, 0.2) is 9.84 Å². The minimum Gasteiger partial charge on any atom is -0.368 e. The molecule has 1 saturated heterocycles. The van der Waals surface area contributed by atoms with Crippen molar-refractivity contribution in [2.75, 3.05) is 12.8 Å². The second-order valence-corrected chi connectivity index (χ2v) is 11.1. The Morgan fingerprint density at radius 3 is 2.53 bits per heavy atom. The van der Waals surface area contributed by atoms with Crippen molar-refractivity contribution in [3.63, 3.8) is 0 Å². The lowest BCUT2D eigenvalue weighted by Gasteiger charge is -2.42. The lowest BCUT2D eigenvalue weighted by molar-refractivity contribution is -0.129. The number of amides is 2. The molecule has 9 heteroatoms. The van der Waals surface area contributed by atoms with Crippen LogP contribution in [0, 0.1) is 11.7 Å². The number of sulfone groups is 1. The molecular weight excluding hydrogens is 455 g/mol. The van der Waals surface area contributed by atoms with Crippen LogP contribution >= 0.6 is 11.6 Å². The minimum absolute atomic E-state index is 0.0192. The van der Waals surface area contributed by atoms with Gasteiger partial charge >= 0.3 is 0 Å². The van der Waals surface area contributed by atoms with Crippen molar-refractivity contribution in [1.82, 2.24) is 4.90 Å². The molecule has 0 radical (unpaired) electrons. The number of primary amides is 1. The summed E-state index contributed by atoms with van der Waals surface area (Å²) in [6.45, 7) is 0.296. The first-order valence-electron chi connectivity index (χ1n) is 10.4. The number of benzene rings is 2. The molecule has 0 aromatic heterocycles. The van der Waals surface area contributed by atoms with Crippen LogP contribution in [0.3, 0.4) is 0 Å². The molecule has 32 heavy (non-hydrogen) atoms. The number of rotatable bonds is 6. The molecule has 0 spiro atoms. The second-order valence-electron chi connectivity index (χ2n) is 8.64. The Balaban J connectivity index is 1.81. The summed E-state index contributed by atoms with van der Waals surface area (Å²) in [7, 11) is -3.52. The zero-order valence-corrected chi connectivity index (χ0v) is 19.1. The predicted molar refractivity (Wildman–Crippen MR) is 119 cm³/mol. The normalized spacial score (nSPS) is 22.0. The summed E-state index contributed by atoms with van der Waals surface area (Å²) in [5.41, 5.74) is 5.37. The summed E-state index contributed by atoms with van der Waals surface area (Å²) in [4.78, 5) is 28.1. The quantitative estimate of drug-likeness (QED) is 0.686. The molecule has 2 aromatic rings. The summed E-state index contributed by atoms with van der Waals surface area (Å²) in [5.74, 6) is -2.09. The van der Waals surface area contributed by atoms with Gasteiger partial charge < -0.3 is 10.6 Å². The minimum atomic E-state index is -3.52. The van der Waals surface area contributed by atoms with Crippen LogP contribution in [0.25, 0.3) is 0 Å². The maximum absolute atomic E-state index is 14.3. The molecule has 2 aromatic carbocycles. The smallest absolute Gasteiger partial charge is 0.254 e. The summed E-state index contributed by atoms with van der Waals surface area (Å²) in [6, 6.07) is 10.2. The first-order valence-corrected chi connectivity index (χ1v) is 12.7. The number of carbonyl (C=O) groups excluding carboxylic acids is 2. The highest BCUT2D eigenvalue weighted by molar-refractivity contribution is 7.90. The zero-order valence-electron chi connectivity index (χ0n) is 17.6. The molecule has 2 aliphatic rings. The predicted octanol–water partition coefficient (Wildman–Crippen LogP) is 3.54. The molecule has 1 saturated carbocycles. The van der Waals surface area contributed by atoms with E-state index < -0.39 is 38.9 Å². The van der Waals surface area contributed by atoms with Crippen molar-refractivity contribution in [2.24, 2.45) is 11.7 Å². The number of hydrogen-bond acceptors (Lipinski definition) is 4. The number of nitrogens with zero attached hydrogens (tertiary/aromatic N) is 1. The average Bonchev–Trinajstić information content (AvgIpc) is 3.47. The molecule has 170 valence electrons. The fraction of sp³-hybridized carbons (Fsp3) is 0.391. The van der Waals surface area contributed by atoms with Crippen LogP contribution in [0.15, 0.2) is 47.4 Å². The van der Waals surface area contributed by atoms with Crippen LogP contribution in [0.5, 0.6) is 0 Å². The average molecular weight is 479 g/mol. The number of carbonyl (C=O) groups is 2. The van der Waals surface area contributed by atoms with Gasteiger partial charge in [-0.25, -0.2) is 12.8 Å². The number of nitrogens with two attached hydrogens (primary N) is 1. The Morgan fingerprint density at radius 1 is 1.22 bits per heavy atom. The fourth-order valence-electron chi connectivity index (χ4n) is 4.95. The van der Waals surface area contributed by atoms with E-state index in [1.807, 2.05) is 0 Å². The van der Waals surface area contributed by atoms with Crippen LogP contribution in [0.2, 0.25) is 5.02 Å². The Bertz CT molecular complexity index is 1200. The molecule has 6 nitrogen and oxygen atoms in total. The van der Waals surface area contributed by atoms with Gasteiger partial charge in [-0.05, 0) is 67.5 Å². The van der Waals surface area contributed by atoms with E-state index in [1.54, 1.807) is 6.07 Å². The second kappa shape index (κ2) is 8.15. The standard InChI is InChI=1S/C23H24ClFN2O4S/c1-32(30,31)17-5-2-4-16(12-17)21(28)27-11-3-10-23(27,22(26)29)20(14-6-7-14)15-8-9-18(24)19(25)13-15/h2,4-5,8-9,12-14,20H,3,6-7,10-11H2,1H3,(H2,26,29)/t20-,23+/m1/s1. The lowest BCUT2D eigenvalue weighted by Crippen LogP contribution is -2.60. The molecule has 1 aliphatic heterocycles. The zero-order chi connectivity index (χ0) is 23.3. The van der Waals surface area contributed by atoms with Crippen molar-refractivity contribution in [3.05, 3.63) is 64.4 Å². The molecule has 0 bridgehead atoms.